The van der Waals surface area contributed by atoms with Crippen molar-refractivity contribution >= 4 is 28.4 Å². The average molecular weight is 459 g/mol. The summed E-state index contributed by atoms with van der Waals surface area (Å²) < 4.78 is 13.1. The smallest absolute Gasteiger partial charge is 0.267 e. The first-order valence-electron chi connectivity index (χ1n) is 11.1. The highest BCUT2D eigenvalue weighted by Crippen LogP contribution is 2.31. The highest BCUT2D eigenvalue weighted by atomic mass is 16.6. The van der Waals surface area contributed by atoms with E-state index < -0.39 is 6.10 Å². The number of fused-ring (bicyclic) bond motifs is 4. The maximum atomic E-state index is 13.2. The van der Waals surface area contributed by atoms with Gasteiger partial charge in [-0.25, -0.2) is 4.52 Å². The van der Waals surface area contributed by atoms with Crippen molar-refractivity contribution in [2.75, 3.05) is 32.8 Å². The highest BCUT2D eigenvalue weighted by Gasteiger charge is 2.34. The number of benzene rings is 2. The highest BCUT2D eigenvalue weighted by molar-refractivity contribution is 6.00. The molecule has 0 aliphatic carbocycles. The van der Waals surface area contributed by atoms with Gasteiger partial charge in [0.25, 0.3) is 17.4 Å². The molecule has 2 aromatic heterocycles. The molecule has 2 aliphatic rings. The van der Waals surface area contributed by atoms with E-state index in [1.165, 1.54) is 6.20 Å². The molecule has 10 nitrogen and oxygen atoms in total. The van der Waals surface area contributed by atoms with Gasteiger partial charge < -0.3 is 24.3 Å². The SMILES string of the molecule is O=C(c1cnn2c1[nH]c(=O)c1ccccc12)N1CCN(C(=O)C2COc3ccccc3O2)CC1. The van der Waals surface area contributed by atoms with E-state index in [1.807, 2.05) is 18.2 Å². The molecular formula is C24H21N5O5. The number of hydrogen-bond acceptors (Lipinski definition) is 6. The van der Waals surface area contributed by atoms with Gasteiger partial charge in [-0.3, -0.25) is 14.4 Å². The predicted octanol–water partition coefficient (Wildman–Crippen LogP) is 1.30. The number of nitrogens with one attached hydrogen (secondary N) is 1. The fourth-order valence-electron chi connectivity index (χ4n) is 4.48. The lowest BCUT2D eigenvalue weighted by atomic mass is 10.2. The molecule has 6 rings (SSSR count). The van der Waals surface area contributed by atoms with Gasteiger partial charge in [-0.05, 0) is 24.3 Å². The molecule has 10 heteroatoms. The number of piperazine rings is 1. The van der Waals surface area contributed by atoms with Crippen molar-refractivity contribution in [3.8, 4) is 11.5 Å². The molecule has 0 spiro atoms. The van der Waals surface area contributed by atoms with Crippen LogP contribution in [0.25, 0.3) is 16.6 Å². The number of carbonyl (C=O) groups is 2. The molecule has 1 N–H and O–H groups in total. The second-order valence-corrected chi connectivity index (χ2v) is 8.27. The van der Waals surface area contributed by atoms with Gasteiger partial charge in [0.1, 0.15) is 17.8 Å². The maximum absolute atomic E-state index is 13.2. The third-order valence-electron chi connectivity index (χ3n) is 6.27. The Hall–Kier alpha value is -4.34. The first-order chi connectivity index (χ1) is 16.6. The van der Waals surface area contributed by atoms with Gasteiger partial charge in [0.2, 0.25) is 6.10 Å². The summed E-state index contributed by atoms with van der Waals surface area (Å²) in [5.74, 6) is 0.782. The predicted molar refractivity (Wildman–Crippen MR) is 122 cm³/mol. The minimum Gasteiger partial charge on any atom is -0.485 e. The lowest BCUT2D eigenvalue weighted by Gasteiger charge is -2.37. The average Bonchev–Trinajstić information content (AvgIpc) is 3.31. The number of H-pyrrole nitrogens is 1. The molecule has 172 valence electrons. The Labute approximate surface area is 193 Å². The van der Waals surface area contributed by atoms with Crippen LogP contribution in [0.3, 0.4) is 0 Å². The number of ether oxygens (including phenoxy) is 2. The number of hydrogen-bond donors (Lipinski definition) is 1. The molecule has 1 fully saturated rings. The maximum Gasteiger partial charge on any atom is 0.267 e. The van der Waals surface area contributed by atoms with Crippen molar-refractivity contribution < 1.29 is 19.1 Å². The van der Waals surface area contributed by atoms with Crippen molar-refractivity contribution in [2.45, 2.75) is 6.10 Å². The summed E-state index contributed by atoms with van der Waals surface area (Å²) in [5.41, 5.74) is 1.04. The van der Waals surface area contributed by atoms with Crippen molar-refractivity contribution in [2.24, 2.45) is 0 Å². The number of aromatic nitrogens is 3. The molecule has 4 aromatic rings. The monoisotopic (exact) mass is 459 g/mol. The number of para-hydroxylation sites is 3. The van der Waals surface area contributed by atoms with Crippen LogP contribution in [-0.4, -0.2) is 75.1 Å². The number of aromatic amines is 1. The molecule has 1 atom stereocenters. The Morgan fingerprint density at radius 2 is 1.65 bits per heavy atom. The fourth-order valence-corrected chi connectivity index (χ4v) is 4.48. The molecule has 1 unspecified atom stereocenters. The first-order valence-corrected chi connectivity index (χ1v) is 11.1. The van der Waals surface area contributed by atoms with E-state index in [9.17, 15) is 14.4 Å². The quantitative estimate of drug-likeness (QED) is 0.484. The molecule has 2 amide bonds. The van der Waals surface area contributed by atoms with Gasteiger partial charge in [-0.15, -0.1) is 0 Å². The van der Waals surface area contributed by atoms with Gasteiger partial charge in [0.05, 0.1) is 17.1 Å². The molecule has 2 aromatic carbocycles. The summed E-state index contributed by atoms with van der Waals surface area (Å²) in [7, 11) is 0. The van der Waals surface area contributed by atoms with Crippen LogP contribution in [0.1, 0.15) is 10.4 Å². The van der Waals surface area contributed by atoms with E-state index in [4.69, 9.17) is 9.47 Å². The van der Waals surface area contributed by atoms with E-state index in [0.717, 1.165) is 0 Å². The normalized spacial score (nSPS) is 17.8. The Morgan fingerprint density at radius 3 is 2.47 bits per heavy atom. The zero-order chi connectivity index (χ0) is 23.2. The van der Waals surface area contributed by atoms with Gasteiger partial charge in [0, 0.05) is 26.2 Å². The largest absolute Gasteiger partial charge is 0.485 e. The van der Waals surface area contributed by atoms with E-state index in [2.05, 4.69) is 10.1 Å². The molecule has 4 heterocycles. The molecule has 0 saturated carbocycles. The fraction of sp³-hybridized carbons (Fsp3) is 0.250. The number of nitrogens with zero attached hydrogens (tertiary/aromatic N) is 4. The summed E-state index contributed by atoms with van der Waals surface area (Å²) in [6, 6.07) is 14.4. The van der Waals surface area contributed by atoms with Crippen molar-refractivity contribution in [1.82, 2.24) is 24.4 Å². The van der Waals surface area contributed by atoms with Crippen LogP contribution in [0.2, 0.25) is 0 Å². The summed E-state index contributed by atoms with van der Waals surface area (Å²) in [4.78, 5) is 44.9. The Morgan fingerprint density at radius 1 is 0.941 bits per heavy atom. The van der Waals surface area contributed by atoms with Crippen LogP contribution in [0, 0.1) is 0 Å². The summed E-state index contributed by atoms with van der Waals surface area (Å²) in [5, 5.41) is 4.83. The van der Waals surface area contributed by atoms with Crippen LogP contribution < -0.4 is 15.0 Å². The van der Waals surface area contributed by atoms with E-state index in [1.54, 1.807) is 44.6 Å². The van der Waals surface area contributed by atoms with Crippen LogP contribution in [0.4, 0.5) is 0 Å². The second-order valence-electron chi connectivity index (χ2n) is 8.27. The zero-order valence-corrected chi connectivity index (χ0v) is 18.1. The lowest BCUT2D eigenvalue weighted by molar-refractivity contribution is -0.142. The number of rotatable bonds is 2. The molecule has 2 aliphatic heterocycles. The lowest BCUT2D eigenvalue weighted by Crippen LogP contribution is -2.55. The Bertz CT molecular complexity index is 1480. The van der Waals surface area contributed by atoms with Gasteiger partial charge in [-0.2, -0.15) is 5.10 Å². The van der Waals surface area contributed by atoms with Crippen molar-refractivity contribution in [1.29, 1.82) is 0 Å². The molecule has 34 heavy (non-hydrogen) atoms. The zero-order valence-electron chi connectivity index (χ0n) is 18.1. The topological polar surface area (TPSA) is 109 Å². The molecule has 1 saturated heterocycles. The van der Waals surface area contributed by atoms with Crippen LogP contribution >= 0.6 is 0 Å². The Balaban J connectivity index is 1.16. The van der Waals surface area contributed by atoms with Gasteiger partial charge >= 0.3 is 0 Å². The van der Waals surface area contributed by atoms with Crippen molar-refractivity contribution in [3.63, 3.8) is 0 Å². The third-order valence-corrected chi connectivity index (χ3v) is 6.27. The Kier molecular flexibility index (Phi) is 4.72. The standard InChI is InChI=1S/C24H21N5O5/c30-22-15-5-1-2-6-17(15)29-21(26-22)16(13-25-29)23(31)27-9-11-28(12-10-27)24(32)20-14-33-18-7-3-4-8-19(18)34-20/h1-8,13,20H,9-12,14H2,(H,26,30). The minimum atomic E-state index is -0.713. The van der Waals surface area contributed by atoms with Gasteiger partial charge in [0.15, 0.2) is 11.5 Å². The van der Waals surface area contributed by atoms with Gasteiger partial charge in [-0.1, -0.05) is 24.3 Å². The summed E-state index contributed by atoms with van der Waals surface area (Å²) >= 11 is 0. The number of amides is 2. The second kappa shape index (κ2) is 7.91. The van der Waals surface area contributed by atoms with Crippen molar-refractivity contribution in [3.05, 3.63) is 70.6 Å². The van der Waals surface area contributed by atoms with E-state index in [0.29, 0.717) is 59.8 Å². The van der Waals surface area contributed by atoms with Crippen LogP contribution in [-0.2, 0) is 4.79 Å². The molecular weight excluding hydrogens is 438 g/mol. The minimum absolute atomic E-state index is 0.151. The summed E-state index contributed by atoms with van der Waals surface area (Å²) in [6.07, 6.45) is 0.762. The number of carbonyl (C=O) groups excluding carboxylic acids is 2. The summed E-state index contributed by atoms with van der Waals surface area (Å²) in [6.45, 7) is 1.64. The van der Waals surface area contributed by atoms with E-state index in [-0.39, 0.29) is 24.0 Å². The van der Waals surface area contributed by atoms with E-state index >= 15 is 0 Å². The van der Waals surface area contributed by atoms with Crippen LogP contribution in [0.5, 0.6) is 11.5 Å². The third kappa shape index (κ3) is 3.26. The van der Waals surface area contributed by atoms with Crippen LogP contribution in [0.15, 0.2) is 59.5 Å². The molecule has 0 bridgehead atoms. The molecule has 0 radical (unpaired) electrons. The first kappa shape index (κ1) is 20.3.